The van der Waals surface area contributed by atoms with Gasteiger partial charge >= 0.3 is 0 Å². The lowest BCUT2D eigenvalue weighted by molar-refractivity contribution is -0.573. The topological polar surface area (TPSA) is 110 Å². The molecule has 126 valence electrons. The molecule has 2 N–H and O–H groups in total. The number of aliphatic hydroxyl groups is 2. The number of hydrogen-bond donors (Lipinski definition) is 2. The fourth-order valence-corrected chi connectivity index (χ4v) is 2.80. The number of ether oxygens (including phenoxy) is 1. The van der Waals surface area contributed by atoms with Crippen LogP contribution in [0.15, 0.2) is 18.2 Å². The molecule has 0 radical (unpaired) electrons. The zero-order valence-corrected chi connectivity index (χ0v) is 12.7. The quantitative estimate of drug-likeness (QED) is 0.477. The van der Waals surface area contributed by atoms with Crippen molar-refractivity contribution in [2.45, 2.75) is 44.1 Å². The second kappa shape index (κ2) is 6.21. The van der Waals surface area contributed by atoms with Gasteiger partial charge in [0.1, 0.15) is 18.5 Å². The van der Waals surface area contributed by atoms with Crippen molar-refractivity contribution in [3.8, 4) is 5.75 Å². The van der Waals surface area contributed by atoms with Crippen molar-refractivity contribution >= 4 is 6.29 Å². The van der Waals surface area contributed by atoms with Crippen molar-refractivity contribution in [1.82, 2.24) is 0 Å². The summed E-state index contributed by atoms with van der Waals surface area (Å²) in [5.74, 6) is -1.81. The number of aliphatic hydroxyl groups excluding tert-OH is 2. The fourth-order valence-electron chi connectivity index (χ4n) is 2.80. The average molecular weight is 327 g/mol. The molecule has 0 aromatic heterocycles. The molecule has 1 aliphatic carbocycles. The minimum atomic E-state index is -1.46. The molecule has 0 bridgehead atoms. The number of nitro groups is 1. The highest BCUT2D eigenvalue weighted by Crippen LogP contribution is 2.38. The van der Waals surface area contributed by atoms with E-state index in [-0.39, 0.29) is 17.7 Å². The van der Waals surface area contributed by atoms with E-state index in [0.29, 0.717) is 6.29 Å². The third-order valence-corrected chi connectivity index (χ3v) is 4.38. The summed E-state index contributed by atoms with van der Waals surface area (Å²) in [4.78, 5) is 21.2. The van der Waals surface area contributed by atoms with E-state index in [1.54, 1.807) is 0 Å². The summed E-state index contributed by atoms with van der Waals surface area (Å²) in [6.07, 6.45) is -3.21. The summed E-state index contributed by atoms with van der Waals surface area (Å²) >= 11 is 0. The Labute approximate surface area is 131 Å². The lowest BCUT2D eigenvalue weighted by Gasteiger charge is -2.25. The van der Waals surface area contributed by atoms with E-state index in [4.69, 9.17) is 4.74 Å². The predicted octanol–water partition coefficient (Wildman–Crippen LogP) is 1.18. The molecule has 4 atom stereocenters. The molecular weight excluding hydrogens is 309 g/mol. The molecule has 0 heterocycles. The molecule has 1 saturated carbocycles. The van der Waals surface area contributed by atoms with Gasteiger partial charge in [0.25, 0.3) is 0 Å². The molecule has 0 saturated heterocycles. The number of halogens is 1. The van der Waals surface area contributed by atoms with Gasteiger partial charge in [-0.2, -0.15) is 0 Å². The van der Waals surface area contributed by atoms with Crippen molar-refractivity contribution < 1.29 is 29.1 Å². The molecule has 1 aromatic rings. The van der Waals surface area contributed by atoms with E-state index >= 15 is 0 Å². The highest BCUT2D eigenvalue weighted by atomic mass is 19.1. The molecule has 0 spiro atoms. The SMILES string of the molecule is CC(C)(C1CC(Oc2ccc(C=O)cc2F)C(O)C1O)[N+](=O)[O-]. The van der Waals surface area contributed by atoms with E-state index in [9.17, 15) is 29.5 Å². The first-order chi connectivity index (χ1) is 10.7. The molecule has 8 heteroatoms. The first kappa shape index (κ1) is 17.3. The molecule has 1 aromatic carbocycles. The predicted molar refractivity (Wildman–Crippen MR) is 77.4 cm³/mol. The van der Waals surface area contributed by atoms with Crippen LogP contribution in [-0.2, 0) is 0 Å². The summed E-state index contributed by atoms with van der Waals surface area (Å²) in [7, 11) is 0. The highest BCUT2D eigenvalue weighted by Gasteiger charge is 2.55. The number of nitrogens with zero attached hydrogens (tertiary/aromatic N) is 1. The second-order valence-corrected chi connectivity index (χ2v) is 6.20. The Morgan fingerprint density at radius 1 is 1.39 bits per heavy atom. The van der Waals surface area contributed by atoms with Crippen LogP contribution in [0.3, 0.4) is 0 Å². The molecule has 0 aliphatic heterocycles. The lowest BCUT2D eigenvalue weighted by atomic mass is 9.85. The van der Waals surface area contributed by atoms with Crippen LogP contribution in [0.5, 0.6) is 5.75 Å². The Kier molecular flexibility index (Phi) is 4.67. The summed E-state index contributed by atoms with van der Waals surface area (Å²) in [5.41, 5.74) is -1.33. The van der Waals surface area contributed by atoms with Crippen LogP contribution in [0.4, 0.5) is 4.39 Å². The minimum Gasteiger partial charge on any atom is -0.485 e. The van der Waals surface area contributed by atoms with E-state index < -0.39 is 40.5 Å². The summed E-state index contributed by atoms with van der Waals surface area (Å²) in [6.45, 7) is 2.71. The van der Waals surface area contributed by atoms with Crippen LogP contribution in [-0.4, -0.2) is 45.3 Å². The van der Waals surface area contributed by atoms with E-state index in [2.05, 4.69) is 0 Å². The maximum atomic E-state index is 13.8. The molecule has 7 nitrogen and oxygen atoms in total. The third-order valence-electron chi connectivity index (χ3n) is 4.38. The minimum absolute atomic E-state index is 0.00514. The largest absolute Gasteiger partial charge is 0.485 e. The standard InChI is InChI=1S/C15H18FNO6/c1-15(2,17(21)22)9-6-12(14(20)13(9)19)23-11-4-3-8(7-18)5-10(11)16/h3-5,7,9,12-14,19-20H,6H2,1-2H3. The summed E-state index contributed by atoms with van der Waals surface area (Å²) in [6, 6.07) is 3.57. The number of hydrogen-bond acceptors (Lipinski definition) is 6. The van der Waals surface area contributed by atoms with Crippen molar-refractivity contribution in [1.29, 1.82) is 0 Å². The van der Waals surface area contributed by atoms with Crippen molar-refractivity contribution in [3.05, 3.63) is 39.7 Å². The zero-order valence-electron chi connectivity index (χ0n) is 12.7. The Morgan fingerprint density at radius 2 is 2.04 bits per heavy atom. The Bertz CT molecular complexity index is 620. The first-order valence-electron chi connectivity index (χ1n) is 7.10. The molecule has 4 unspecified atom stereocenters. The number of carbonyl (C=O) groups is 1. The lowest BCUT2D eigenvalue weighted by Crippen LogP contribution is -2.45. The van der Waals surface area contributed by atoms with E-state index in [0.717, 1.165) is 6.07 Å². The average Bonchev–Trinajstić information content (AvgIpc) is 2.78. The first-order valence-corrected chi connectivity index (χ1v) is 7.10. The fraction of sp³-hybridized carbons (Fsp3) is 0.533. The van der Waals surface area contributed by atoms with Gasteiger partial charge in [-0.15, -0.1) is 0 Å². The van der Waals surface area contributed by atoms with Crippen LogP contribution in [0, 0.1) is 21.8 Å². The van der Waals surface area contributed by atoms with Gasteiger partial charge in [0, 0.05) is 24.3 Å². The van der Waals surface area contributed by atoms with Crippen molar-refractivity contribution in [2.24, 2.45) is 5.92 Å². The van der Waals surface area contributed by atoms with Crippen molar-refractivity contribution in [2.75, 3.05) is 0 Å². The van der Waals surface area contributed by atoms with E-state index in [1.165, 1.54) is 26.0 Å². The molecule has 1 fully saturated rings. The third kappa shape index (κ3) is 3.18. The van der Waals surface area contributed by atoms with Gasteiger partial charge in [-0.25, -0.2) is 4.39 Å². The van der Waals surface area contributed by atoms with Gasteiger partial charge in [0.05, 0.1) is 12.0 Å². The van der Waals surface area contributed by atoms with Gasteiger partial charge in [-0.3, -0.25) is 14.9 Å². The van der Waals surface area contributed by atoms with Gasteiger partial charge in [-0.1, -0.05) is 0 Å². The maximum Gasteiger partial charge on any atom is 0.222 e. The normalized spacial score (nSPS) is 27.7. The van der Waals surface area contributed by atoms with E-state index in [1.807, 2.05) is 0 Å². The number of rotatable bonds is 5. The zero-order chi connectivity index (χ0) is 17.4. The Morgan fingerprint density at radius 3 is 2.57 bits per heavy atom. The van der Waals surface area contributed by atoms with Crippen molar-refractivity contribution in [3.63, 3.8) is 0 Å². The molecule has 0 amide bonds. The summed E-state index contributed by atoms with van der Waals surface area (Å²) < 4.78 is 19.2. The number of benzene rings is 1. The Balaban J connectivity index is 2.19. The summed E-state index contributed by atoms with van der Waals surface area (Å²) in [5, 5.41) is 31.2. The Hall–Kier alpha value is -2.06. The van der Waals surface area contributed by atoms with Gasteiger partial charge in [0.15, 0.2) is 11.6 Å². The number of aldehydes is 1. The van der Waals surface area contributed by atoms with Crippen LogP contribution in [0.25, 0.3) is 0 Å². The molecular formula is C15H18FNO6. The highest BCUT2D eigenvalue weighted by molar-refractivity contribution is 5.74. The monoisotopic (exact) mass is 327 g/mol. The number of carbonyl (C=O) groups excluding carboxylic acids is 1. The smallest absolute Gasteiger partial charge is 0.222 e. The molecule has 23 heavy (non-hydrogen) atoms. The van der Waals surface area contributed by atoms with Crippen LogP contribution < -0.4 is 4.74 Å². The van der Waals surface area contributed by atoms with Gasteiger partial charge < -0.3 is 14.9 Å². The van der Waals surface area contributed by atoms with Crippen LogP contribution in [0.1, 0.15) is 30.6 Å². The van der Waals surface area contributed by atoms with Crippen LogP contribution >= 0.6 is 0 Å². The molecule has 1 aliphatic rings. The van der Waals surface area contributed by atoms with Gasteiger partial charge in [0.2, 0.25) is 5.54 Å². The maximum absolute atomic E-state index is 13.8. The van der Waals surface area contributed by atoms with Gasteiger partial charge in [-0.05, 0) is 24.6 Å². The van der Waals surface area contributed by atoms with Crippen LogP contribution in [0.2, 0.25) is 0 Å². The molecule has 2 rings (SSSR count). The second-order valence-electron chi connectivity index (χ2n) is 6.20.